The van der Waals surface area contributed by atoms with Crippen molar-refractivity contribution in [2.24, 2.45) is 5.73 Å². The van der Waals surface area contributed by atoms with Crippen molar-refractivity contribution in [3.05, 3.63) is 29.3 Å². The molecule has 0 unspecified atom stereocenters. The number of anilines is 1. The van der Waals surface area contributed by atoms with Crippen LogP contribution in [-0.2, 0) is 0 Å². The molecule has 0 aliphatic rings. The van der Waals surface area contributed by atoms with Crippen LogP contribution in [0.3, 0.4) is 0 Å². The summed E-state index contributed by atoms with van der Waals surface area (Å²) in [6.45, 7) is 0. The number of carboxylic acid groups (broad SMARTS) is 1. The summed E-state index contributed by atoms with van der Waals surface area (Å²) in [5.41, 5.74) is 10.5. The third-order valence-electron chi connectivity index (χ3n) is 1.57. The van der Waals surface area contributed by atoms with Gasteiger partial charge in [-0.2, -0.15) is 0 Å². The number of nitrogen functional groups attached to an aromatic ring is 1. The van der Waals surface area contributed by atoms with E-state index in [1.54, 1.807) is 0 Å². The molecule has 1 amide bonds. The van der Waals surface area contributed by atoms with Gasteiger partial charge < -0.3 is 16.6 Å². The number of rotatable bonds is 2. The molecule has 68 valence electrons. The topological polar surface area (TPSA) is 106 Å². The van der Waals surface area contributed by atoms with Gasteiger partial charge in [0.1, 0.15) is 0 Å². The number of primary amides is 1. The van der Waals surface area contributed by atoms with Gasteiger partial charge in [-0.05, 0) is 18.2 Å². The van der Waals surface area contributed by atoms with Crippen molar-refractivity contribution in [2.45, 2.75) is 0 Å². The molecule has 0 atom stereocenters. The lowest BCUT2D eigenvalue weighted by Gasteiger charge is -2.01. The molecule has 0 radical (unpaired) electrons. The SMILES string of the molecule is NC(=O)c1ccc(C(=O)O)c(N)c1. The van der Waals surface area contributed by atoms with Crippen LogP contribution in [0.1, 0.15) is 20.7 Å². The number of carboxylic acids is 1. The number of amides is 1. The molecule has 1 rings (SSSR count). The zero-order chi connectivity index (χ0) is 10.0. The second kappa shape index (κ2) is 3.14. The molecular formula is C8H8N2O3. The number of carbonyl (C=O) groups is 2. The zero-order valence-electron chi connectivity index (χ0n) is 6.65. The molecule has 5 N–H and O–H groups in total. The van der Waals surface area contributed by atoms with Crippen LogP contribution in [0, 0.1) is 0 Å². The maximum absolute atomic E-state index is 10.7. The van der Waals surface area contributed by atoms with Crippen molar-refractivity contribution in [1.29, 1.82) is 0 Å². The van der Waals surface area contributed by atoms with E-state index in [2.05, 4.69) is 0 Å². The number of benzene rings is 1. The minimum Gasteiger partial charge on any atom is -0.478 e. The Labute approximate surface area is 74.0 Å². The second-order valence-corrected chi connectivity index (χ2v) is 2.47. The molecule has 0 aliphatic carbocycles. The number of aromatic carboxylic acids is 1. The summed E-state index contributed by atoms with van der Waals surface area (Å²) in [4.78, 5) is 21.2. The number of carbonyl (C=O) groups excluding carboxylic acids is 1. The molecule has 5 heteroatoms. The highest BCUT2D eigenvalue weighted by molar-refractivity contribution is 5.98. The third-order valence-corrected chi connectivity index (χ3v) is 1.57. The molecular weight excluding hydrogens is 172 g/mol. The van der Waals surface area contributed by atoms with Crippen LogP contribution in [0.5, 0.6) is 0 Å². The summed E-state index contributed by atoms with van der Waals surface area (Å²) in [6, 6.07) is 3.81. The number of hydrogen-bond donors (Lipinski definition) is 3. The van der Waals surface area contributed by atoms with Crippen molar-refractivity contribution in [2.75, 3.05) is 5.73 Å². The van der Waals surface area contributed by atoms with Crippen LogP contribution in [0.25, 0.3) is 0 Å². The van der Waals surface area contributed by atoms with E-state index in [9.17, 15) is 9.59 Å². The summed E-state index contributed by atoms with van der Waals surface area (Å²) in [7, 11) is 0. The standard InChI is InChI=1S/C8H8N2O3/c9-6-3-4(7(10)11)1-2-5(6)8(12)13/h1-3H,9H2,(H2,10,11)(H,12,13). The molecule has 0 heterocycles. The highest BCUT2D eigenvalue weighted by atomic mass is 16.4. The van der Waals surface area contributed by atoms with Crippen LogP contribution in [0.2, 0.25) is 0 Å². The van der Waals surface area contributed by atoms with Gasteiger partial charge in [-0.3, -0.25) is 4.79 Å². The third kappa shape index (κ3) is 1.76. The van der Waals surface area contributed by atoms with Gasteiger partial charge in [-0.1, -0.05) is 0 Å². The van der Waals surface area contributed by atoms with E-state index >= 15 is 0 Å². The second-order valence-electron chi connectivity index (χ2n) is 2.47. The van der Waals surface area contributed by atoms with E-state index in [0.29, 0.717) is 0 Å². The highest BCUT2D eigenvalue weighted by Crippen LogP contribution is 2.13. The van der Waals surface area contributed by atoms with Crippen LogP contribution in [0.15, 0.2) is 18.2 Å². The van der Waals surface area contributed by atoms with Crippen molar-refractivity contribution >= 4 is 17.6 Å². The molecule has 0 fully saturated rings. The maximum atomic E-state index is 10.7. The fourth-order valence-electron chi connectivity index (χ4n) is 0.911. The van der Waals surface area contributed by atoms with E-state index in [1.807, 2.05) is 0 Å². The maximum Gasteiger partial charge on any atom is 0.337 e. The summed E-state index contributed by atoms with van der Waals surface area (Å²) in [5.74, 6) is -1.77. The van der Waals surface area contributed by atoms with E-state index in [0.717, 1.165) is 0 Å². The Morgan fingerprint density at radius 3 is 2.31 bits per heavy atom. The van der Waals surface area contributed by atoms with Gasteiger partial charge in [0.15, 0.2) is 0 Å². The first kappa shape index (κ1) is 9.05. The molecule has 13 heavy (non-hydrogen) atoms. The minimum atomic E-state index is -1.13. The summed E-state index contributed by atoms with van der Waals surface area (Å²) >= 11 is 0. The van der Waals surface area contributed by atoms with Gasteiger partial charge >= 0.3 is 5.97 Å². The first-order valence-electron chi connectivity index (χ1n) is 3.45. The van der Waals surface area contributed by atoms with Crippen LogP contribution < -0.4 is 11.5 Å². The van der Waals surface area contributed by atoms with Crippen molar-refractivity contribution in [3.63, 3.8) is 0 Å². The molecule has 0 saturated heterocycles. The van der Waals surface area contributed by atoms with E-state index < -0.39 is 11.9 Å². The van der Waals surface area contributed by atoms with Gasteiger partial charge in [0.2, 0.25) is 5.91 Å². The molecule has 0 spiro atoms. The lowest BCUT2D eigenvalue weighted by molar-refractivity contribution is 0.0697. The Hall–Kier alpha value is -2.04. The molecule has 1 aromatic carbocycles. The van der Waals surface area contributed by atoms with E-state index in [4.69, 9.17) is 16.6 Å². The minimum absolute atomic E-state index is 0.0313. The van der Waals surface area contributed by atoms with Crippen LogP contribution in [0.4, 0.5) is 5.69 Å². The fourth-order valence-corrected chi connectivity index (χ4v) is 0.911. The average Bonchev–Trinajstić information content (AvgIpc) is 2.03. The first-order valence-corrected chi connectivity index (χ1v) is 3.45. The zero-order valence-corrected chi connectivity index (χ0v) is 6.65. The predicted molar refractivity (Wildman–Crippen MR) is 46.3 cm³/mol. The predicted octanol–water partition coefficient (Wildman–Crippen LogP) is 0.0659. The molecule has 5 nitrogen and oxygen atoms in total. The monoisotopic (exact) mass is 180 g/mol. The first-order chi connectivity index (χ1) is 6.02. The van der Waals surface area contributed by atoms with Gasteiger partial charge in [0.25, 0.3) is 0 Å². The summed E-state index contributed by atoms with van der Waals surface area (Å²) in [5, 5.41) is 8.60. The van der Waals surface area contributed by atoms with Crippen molar-refractivity contribution in [3.8, 4) is 0 Å². The molecule has 0 aromatic heterocycles. The Balaban J connectivity index is 3.20. The fraction of sp³-hybridized carbons (Fsp3) is 0. The van der Waals surface area contributed by atoms with Crippen molar-refractivity contribution < 1.29 is 14.7 Å². The van der Waals surface area contributed by atoms with Gasteiger partial charge in [0, 0.05) is 11.3 Å². The highest BCUT2D eigenvalue weighted by Gasteiger charge is 2.09. The quantitative estimate of drug-likeness (QED) is 0.559. The largest absolute Gasteiger partial charge is 0.478 e. The van der Waals surface area contributed by atoms with E-state index in [-0.39, 0.29) is 16.8 Å². The summed E-state index contributed by atoms with van der Waals surface area (Å²) < 4.78 is 0. The Bertz CT molecular complexity index is 374. The average molecular weight is 180 g/mol. The smallest absolute Gasteiger partial charge is 0.337 e. The molecule has 1 aromatic rings. The lowest BCUT2D eigenvalue weighted by Crippen LogP contribution is -2.12. The molecule has 0 aliphatic heterocycles. The van der Waals surface area contributed by atoms with Crippen molar-refractivity contribution in [1.82, 2.24) is 0 Å². The normalized spacial score (nSPS) is 9.54. The summed E-state index contributed by atoms with van der Waals surface area (Å²) in [6.07, 6.45) is 0. The van der Waals surface area contributed by atoms with Gasteiger partial charge in [0.05, 0.1) is 5.56 Å². The Kier molecular flexibility index (Phi) is 2.19. The molecule has 0 saturated carbocycles. The number of nitrogens with two attached hydrogens (primary N) is 2. The lowest BCUT2D eigenvalue weighted by atomic mass is 10.1. The number of hydrogen-bond acceptors (Lipinski definition) is 3. The van der Waals surface area contributed by atoms with Gasteiger partial charge in [-0.25, -0.2) is 4.79 Å². The Morgan fingerprint density at radius 2 is 1.92 bits per heavy atom. The van der Waals surface area contributed by atoms with Gasteiger partial charge in [-0.15, -0.1) is 0 Å². The Morgan fingerprint density at radius 1 is 1.31 bits per heavy atom. The van der Waals surface area contributed by atoms with Crippen LogP contribution in [-0.4, -0.2) is 17.0 Å². The molecule has 0 bridgehead atoms. The van der Waals surface area contributed by atoms with E-state index in [1.165, 1.54) is 18.2 Å². The van der Waals surface area contributed by atoms with Crippen LogP contribution >= 0.6 is 0 Å².